The summed E-state index contributed by atoms with van der Waals surface area (Å²) in [7, 11) is 1.57. The lowest BCUT2D eigenvalue weighted by Crippen LogP contribution is -2.55. The van der Waals surface area contributed by atoms with E-state index in [9.17, 15) is 14.4 Å². The molecule has 0 aliphatic carbocycles. The lowest BCUT2D eigenvalue weighted by atomic mass is 9.88. The summed E-state index contributed by atoms with van der Waals surface area (Å²) >= 11 is 0. The van der Waals surface area contributed by atoms with Crippen LogP contribution in [0.4, 0.5) is 0 Å². The normalized spacial score (nSPS) is 15.8. The van der Waals surface area contributed by atoms with Gasteiger partial charge in [-0.2, -0.15) is 0 Å². The highest BCUT2D eigenvalue weighted by Gasteiger charge is 2.34. The number of carbonyl (C=O) groups excluding carboxylic acids is 3. The molecule has 1 fully saturated rings. The molecule has 1 aliphatic rings. The predicted molar refractivity (Wildman–Crippen MR) is 132 cm³/mol. The Morgan fingerprint density at radius 1 is 1.03 bits per heavy atom. The second kappa shape index (κ2) is 11.7. The Balaban J connectivity index is 1.71. The molecular formula is C27H35N3O4. The van der Waals surface area contributed by atoms with Crippen molar-refractivity contribution in [3.8, 4) is 5.75 Å². The van der Waals surface area contributed by atoms with Gasteiger partial charge < -0.3 is 20.3 Å². The lowest BCUT2D eigenvalue weighted by molar-refractivity contribution is -0.125. The van der Waals surface area contributed by atoms with Crippen LogP contribution in [-0.2, 0) is 4.79 Å². The number of rotatable bonds is 8. The van der Waals surface area contributed by atoms with Crippen LogP contribution in [0.15, 0.2) is 48.5 Å². The quantitative estimate of drug-likeness (QED) is 0.624. The molecule has 2 N–H and O–H groups in total. The van der Waals surface area contributed by atoms with Gasteiger partial charge in [0.1, 0.15) is 11.8 Å². The van der Waals surface area contributed by atoms with Crippen LogP contribution in [-0.4, -0.2) is 54.9 Å². The molecule has 0 spiro atoms. The molecule has 0 bridgehead atoms. The highest BCUT2D eigenvalue weighted by molar-refractivity contribution is 5.98. The summed E-state index contributed by atoms with van der Waals surface area (Å²) in [6, 6.07) is 13.7. The summed E-state index contributed by atoms with van der Waals surface area (Å²) in [5.41, 5.74) is 2.13. The molecule has 0 saturated carbocycles. The van der Waals surface area contributed by atoms with E-state index in [1.807, 2.05) is 49.9 Å². The molecule has 0 unspecified atom stereocenters. The number of amides is 3. The van der Waals surface area contributed by atoms with Crippen molar-refractivity contribution in [2.24, 2.45) is 5.92 Å². The molecule has 0 radical (unpaired) electrons. The molecule has 3 rings (SSSR count). The number of ether oxygens (including phenoxy) is 1. The van der Waals surface area contributed by atoms with E-state index in [0.717, 1.165) is 12.0 Å². The maximum Gasteiger partial charge on any atom is 0.254 e. The summed E-state index contributed by atoms with van der Waals surface area (Å²) in [5.74, 6) is 0.130. The zero-order valence-electron chi connectivity index (χ0n) is 20.5. The molecule has 1 heterocycles. The summed E-state index contributed by atoms with van der Waals surface area (Å²) in [4.78, 5) is 40.9. The third-order valence-corrected chi connectivity index (χ3v) is 6.60. The highest BCUT2D eigenvalue weighted by atomic mass is 16.5. The molecule has 7 nitrogen and oxygen atoms in total. The summed E-state index contributed by atoms with van der Waals surface area (Å²) in [5, 5.41) is 5.97. The van der Waals surface area contributed by atoms with Crippen molar-refractivity contribution < 1.29 is 19.1 Å². The number of piperidine rings is 1. The number of methoxy groups -OCH3 is 1. The van der Waals surface area contributed by atoms with Gasteiger partial charge in [-0.15, -0.1) is 0 Å². The molecule has 3 amide bonds. The molecule has 182 valence electrons. The van der Waals surface area contributed by atoms with Gasteiger partial charge in [0.2, 0.25) is 5.91 Å². The van der Waals surface area contributed by atoms with Crippen LogP contribution in [0.1, 0.15) is 59.4 Å². The second-order valence-corrected chi connectivity index (χ2v) is 8.94. The molecule has 0 aromatic heterocycles. The van der Waals surface area contributed by atoms with E-state index in [2.05, 4.69) is 10.6 Å². The van der Waals surface area contributed by atoms with Gasteiger partial charge in [0.05, 0.1) is 7.11 Å². The van der Waals surface area contributed by atoms with Gasteiger partial charge in [0, 0.05) is 30.3 Å². The molecule has 7 heteroatoms. The maximum atomic E-state index is 13.1. The number of benzene rings is 2. The van der Waals surface area contributed by atoms with Gasteiger partial charge in [0.25, 0.3) is 11.8 Å². The molecule has 34 heavy (non-hydrogen) atoms. The van der Waals surface area contributed by atoms with Crippen molar-refractivity contribution >= 4 is 17.7 Å². The Kier molecular flexibility index (Phi) is 8.68. The third-order valence-electron chi connectivity index (χ3n) is 6.60. The monoisotopic (exact) mass is 465 g/mol. The van der Waals surface area contributed by atoms with Crippen LogP contribution in [0, 0.1) is 12.8 Å². The van der Waals surface area contributed by atoms with Crippen LogP contribution in [0.5, 0.6) is 5.75 Å². The van der Waals surface area contributed by atoms with Crippen LogP contribution in [0.3, 0.4) is 0 Å². The van der Waals surface area contributed by atoms with Crippen LogP contribution >= 0.6 is 0 Å². The third kappa shape index (κ3) is 6.16. The zero-order chi connectivity index (χ0) is 24.7. The van der Waals surface area contributed by atoms with Crippen molar-refractivity contribution in [2.45, 2.75) is 52.1 Å². The minimum atomic E-state index is -0.667. The number of aryl methyl sites for hydroxylation is 1. The minimum Gasteiger partial charge on any atom is -0.497 e. The Morgan fingerprint density at radius 2 is 1.68 bits per heavy atom. The van der Waals surface area contributed by atoms with Crippen molar-refractivity contribution in [1.82, 2.24) is 15.5 Å². The van der Waals surface area contributed by atoms with Crippen molar-refractivity contribution in [3.63, 3.8) is 0 Å². The van der Waals surface area contributed by atoms with Gasteiger partial charge >= 0.3 is 0 Å². The van der Waals surface area contributed by atoms with Gasteiger partial charge in [-0.25, -0.2) is 0 Å². The van der Waals surface area contributed by atoms with E-state index in [1.165, 1.54) is 0 Å². The van der Waals surface area contributed by atoms with Gasteiger partial charge in [-0.05, 0) is 74.9 Å². The first-order valence-corrected chi connectivity index (χ1v) is 11.9. The fraction of sp³-hybridized carbons (Fsp3) is 0.444. The average Bonchev–Trinajstić information content (AvgIpc) is 2.87. The van der Waals surface area contributed by atoms with E-state index in [1.54, 1.807) is 31.4 Å². The standard InChI is InChI=1S/C27H35N3O4/c1-5-19(3)28-26(32)24(29-25(31)21-10-12-22(34-4)13-11-21)20-14-16-30(17-15-20)27(33)23-9-7-6-8-18(23)2/h6-13,19-20,24H,5,14-17H2,1-4H3,(H,28,32)(H,29,31)/t19-,24+/m0/s1. The summed E-state index contributed by atoms with van der Waals surface area (Å²) in [6.45, 7) is 6.98. The van der Waals surface area contributed by atoms with E-state index in [4.69, 9.17) is 4.74 Å². The summed E-state index contributed by atoms with van der Waals surface area (Å²) < 4.78 is 5.16. The largest absolute Gasteiger partial charge is 0.497 e. The zero-order valence-corrected chi connectivity index (χ0v) is 20.5. The average molecular weight is 466 g/mol. The number of nitrogens with one attached hydrogen (secondary N) is 2. The summed E-state index contributed by atoms with van der Waals surface area (Å²) in [6.07, 6.45) is 2.08. The first-order valence-electron chi connectivity index (χ1n) is 11.9. The SMILES string of the molecule is CC[C@H](C)NC(=O)[C@H](NC(=O)c1ccc(OC)cc1)C1CCN(C(=O)c2ccccc2C)CC1. The van der Waals surface area contributed by atoms with E-state index in [0.29, 0.717) is 42.8 Å². The second-order valence-electron chi connectivity index (χ2n) is 8.94. The van der Waals surface area contributed by atoms with Crippen molar-refractivity contribution in [3.05, 3.63) is 65.2 Å². The first kappa shape index (κ1) is 25.3. The fourth-order valence-corrected chi connectivity index (χ4v) is 4.22. The number of hydrogen-bond donors (Lipinski definition) is 2. The molecular weight excluding hydrogens is 430 g/mol. The number of carbonyl (C=O) groups is 3. The van der Waals surface area contributed by atoms with Crippen LogP contribution in [0.2, 0.25) is 0 Å². The van der Waals surface area contributed by atoms with Crippen LogP contribution in [0.25, 0.3) is 0 Å². The van der Waals surface area contributed by atoms with Gasteiger partial charge in [-0.1, -0.05) is 25.1 Å². The van der Waals surface area contributed by atoms with E-state index < -0.39 is 6.04 Å². The Morgan fingerprint density at radius 3 is 2.26 bits per heavy atom. The molecule has 2 aromatic rings. The molecule has 2 aromatic carbocycles. The maximum absolute atomic E-state index is 13.1. The van der Waals surface area contributed by atoms with E-state index in [-0.39, 0.29) is 29.7 Å². The Hall–Kier alpha value is -3.35. The number of hydrogen-bond acceptors (Lipinski definition) is 4. The number of likely N-dealkylation sites (tertiary alicyclic amines) is 1. The lowest BCUT2D eigenvalue weighted by Gasteiger charge is -2.36. The van der Waals surface area contributed by atoms with E-state index >= 15 is 0 Å². The minimum absolute atomic E-state index is 0.00983. The predicted octanol–water partition coefficient (Wildman–Crippen LogP) is 3.57. The highest BCUT2D eigenvalue weighted by Crippen LogP contribution is 2.24. The Labute approximate surface area is 201 Å². The van der Waals surface area contributed by atoms with Crippen molar-refractivity contribution in [1.29, 1.82) is 0 Å². The molecule has 1 saturated heterocycles. The molecule has 2 atom stereocenters. The topological polar surface area (TPSA) is 87.7 Å². The molecule has 1 aliphatic heterocycles. The van der Waals surface area contributed by atoms with Crippen molar-refractivity contribution in [2.75, 3.05) is 20.2 Å². The first-order chi connectivity index (χ1) is 16.3. The smallest absolute Gasteiger partial charge is 0.254 e. The van der Waals surface area contributed by atoms with Gasteiger partial charge in [-0.3, -0.25) is 14.4 Å². The Bertz CT molecular complexity index is 997. The number of nitrogens with zero attached hydrogens (tertiary/aromatic N) is 1. The van der Waals surface area contributed by atoms with Gasteiger partial charge in [0.15, 0.2) is 0 Å². The fourth-order valence-electron chi connectivity index (χ4n) is 4.22. The van der Waals surface area contributed by atoms with Crippen LogP contribution < -0.4 is 15.4 Å².